The molecule has 128 valence electrons. The molecule has 1 fully saturated rings. The molecule has 7 heteroatoms. The fourth-order valence-electron chi connectivity index (χ4n) is 2.89. The summed E-state index contributed by atoms with van der Waals surface area (Å²) in [5.41, 5.74) is 0.809. The predicted molar refractivity (Wildman–Crippen MR) is 86.7 cm³/mol. The zero-order chi connectivity index (χ0) is 17.0. The first-order valence-electron chi connectivity index (χ1n) is 7.84. The van der Waals surface area contributed by atoms with Crippen molar-refractivity contribution in [3.05, 3.63) is 35.6 Å². The second kappa shape index (κ2) is 7.40. The van der Waals surface area contributed by atoms with Crippen LogP contribution in [0.5, 0.6) is 0 Å². The Morgan fingerprint density at radius 1 is 1.35 bits per heavy atom. The lowest BCUT2D eigenvalue weighted by Gasteiger charge is -2.27. The average Bonchev–Trinajstić information content (AvgIpc) is 2.99. The minimum Gasteiger partial charge on any atom is -0.340 e. The van der Waals surface area contributed by atoms with Crippen LogP contribution < -0.4 is 0 Å². The van der Waals surface area contributed by atoms with Crippen LogP contribution in [0.4, 0.5) is 4.39 Å². The summed E-state index contributed by atoms with van der Waals surface area (Å²) in [5, 5.41) is 0. The number of amides is 1. The molecule has 5 nitrogen and oxygen atoms in total. The van der Waals surface area contributed by atoms with Gasteiger partial charge >= 0.3 is 0 Å². The Hall–Kier alpha value is -1.47. The van der Waals surface area contributed by atoms with Crippen LogP contribution in [0, 0.1) is 5.82 Å². The SMILES string of the molecule is CCCS(=O)(=O)N1CCCC1C(=O)N(C)Cc1ccc(F)cc1. The number of halogens is 1. The lowest BCUT2D eigenvalue weighted by molar-refractivity contribution is -0.133. The van der Waals surface area contributed by atoms with E-state index in [-0.39, 0.29) is 17.5 Å². The first-order valence-corrected chi connectivity index (χ1v) is 9.45. The van der Waals surface area contributed by atoms with Crippen LogP contribution in [-0.2, 0) is 21.4 Å². The molecule has 1 saturated heterocycles. The van der Waals surface area contributed by atoms with E-state index in [0.717, 1.165) is 5.56 Å². The molecule has 23 heavy (non-hydrogen) atoms. The third kappa shape index (κ3) is 4.29. The first-order chi connectivity index (χ1) is 10.8. The van der Waals surface area contributed by atoms with Crippen molar-refractivity contribution in [1.29, 1.82) is 0 Å². The quantitative estimate of drug-likeness (QED) is 0.794. The predicted octanol–water partition coefficient (Wildman–Crippen LogP) is 1.99. The van der Waals surface area contributed by atoms with Crippen molar-refractivity contribution in [3.63, 3.8) is 0 Å². The molecule has 0 bridgehead atoms. The van der Waals surface area contributed by atoms with E-state index in [2.05, 4.69) is 0 Å². The number of sulfonamides is 1. The van der Waals surface area contributed by atoms with Gasteiger partial charge in [0.2, 0.25) is 15.9 Å². The van der Waals surface area contributed by atoms with Crippen LogP contribution >= 0.6 is 0 Å². The Morgan fingerprint density at radius 3 is 2.61 bits per heavy atom. The van der Waals surface area contributed by atoms with Gasteiger partial charge in [0.15, 0.2) is 0 Å². The van der Waals surface area contributed by atoms with Crippen molar-refractivity contribution in [1.82, 2.24) is 9.21 Å². The highest BCUT2D eigenvalue weighted by Crippen LogP contribution is 2.23. The summed E-state index contributed by atoms with van der Waals surface area (Å²) in [4.78, 5) is 14.1. The van der Waals surface area contributed by atoms with Crippen LogP contribution in [0.25, 0.3) is 0 Å². The van der Waals surface area contributed by atoms with Crippen molar-refractivity contribution in [2.75, 3.05) is 19.3 Å². The third-order valence-electron chi connectivity index (χ3n) is 4.02. The number of likely N-dealkylation sites (N-methyl/N-ethyl adjacent to an activating group) is 1. The van der Waals surface area contributed by atoms with Gasteiger partial charge in [-0.25, -0.2) is 12.8 Å². The van der Waals surface area contributed by atoms with Crippen molar-refractivity contribution in [3.8, 4) is 0 Å². The Bertz CT molecular complexity index is 646. The summed E-state index contributed by atoms with van der Waals surface area (Å²) in [5.74, 6) is -0.458. The molecule has 1 aromatic rings. The fourth-order valence-corrected chi connectivity index (χ4v) is 4.63. The maximum Gasteiger partial charge on any atom is 0.241 e. The Labute approximate surface area is 137 Å². The molecule has 1 aliphatic rings. The third-order valence-corrected chi connectivity index (χ3v) is 6.09. The second-order valence-corrected chi connectivity index (χ2v) is 7.95. The summed E-state index contributed by atoms with van der Waals surface area (Å²) in [6.07, 6.45) is 1.78. The van der Waals surface area contributed by atoms with Gasteiger partial charge in [-0.05, 0) is 37.0 Å². The van der Waals surface area contributed by atoms with Crippen LogP contribution in [0.2, 0.25) is 0 Å². The topological polar surface area (TPSA) is 57.7 Å². The number of hydrogen-bond acceptors (Lipinski definition) is 3. The minimum absolute atomic E-state index is 0.0679. The molecule has 1 atom stereocenters. The monoisotopic (exact) mass is 342 g/mol. The van der Waals surface area contributed by atoms with E-state index in [4.69, 9.17) is 0 Å². The van der Waals surface area contributed by atoms with Gasteiger partial charge in [-0.1, -0.05) is 19.1 Å². The molecule has 1 heterocycles. The first kappa shape index (κ1) is 17.9. The van der Waals surface area contributed by atoms with Gasteiger partial charge in [-0.2, -0.15) is 4.31 Å². The molecule has 0 spiro atoms. The maximum atomic E-state index is 12.9. The molecular weight excluding hydrogens is 319 g/mol. The number of carbonyl (C=O) groups is 1. The van der Waals surface area contributed by atoms with Gasteiger partial charge in [-0.3, -0.25) is 4.79 Å². The summed E-state index contributed by atoms with van der Waals surface area (Å²) < 4.78 is 38.8. The smallest absolute Gasteiger partial charge is 0.241 e. The van der Waals surface area contributed by atoms with Gasteiger partial charge in [0.05, 0.1) is 5.75 Å². The van der Waals surface area contributed by atoms with Crippen molar-refractivity contribution in [2.24, 2.45) is 0 Å². The standard InChI is InChI=1S/C16H23FN2O3S/c1-3-11-23(21,22)19-10-4-5-15(19)16(20)18(2)12-13-6-8-14(17)9-7-13/h6-9,15H,3-5,10-12H2,1-2H3. The number of benzene rings is 1. The Kier molecular flexibility index (Phi) is 5.75. The largest absolute Gasteiger partial charge is 0.340 e. The lowest BCUT2D eigenvalue weighted by Crippen LogP contribution is -2.46. The molecule has 0 N–H and O–H groups in total. The highest BCUT2D eigenvalue weighted by atomic mass is 32.2. The molecule has 1 unspecified atom stereocenters. The maximum absolute atomic E-state index is 12.9. The van der Waals surface area contributed by atoms with Crippen molar-refractivity contribution in [2.45, 2.75) is 38.8 Å². The van der Waals surface area contributed by atoms with Crippen LogP contribution in [0.1, 0.15) is 31.7 Å². The summed E-state index contributed by atoms with van der Waals surface area (Å²) in [7, 11) is -1.73. The molecule has 1 aromatic carbocycles. The molecule has 0 radical (unpaired) electrons. The van der Waals surface area contributed by atoms with Crippen molar-refractivity contribution < 1.29 is 17.6 Å². The zero-order valence-electron chi connectivity index (χ0n) is 13.5. The van der Waals surface area contributed by atoms with E-state index in [1.165, 1.54) is 21.3 Å². The van der Waals surface area contributed by atoms with E-state index in [1.54, 1.807) is 19.2 Å². The van der Waals surface area contributed by atoms with E-state index >= 15 is 0 Å². The lowest BCUT2D eigenvalue weighted by atomic mass is 10.1. The number of rotatable bonds is 6. The molecular formula is C16H23FN2O3S. The normalized spacial score (nSPS) is 19.0. The Morgan fingerprint density at radius 2 is 2.00 bits per heavy atom. The van der Waals surface area contributed by atoms with E-state index in [0.29, 0.717) is 32.4 Å². The molecule has 2 rings (SSSR count). The van der Waals surface area contributed by atoms with Crippen molar-refractivity contribution >= 4 is 15.9 Å². The van der Waals surface area contributed by atoms with Gasteiger partial charge in [-0.15, -0.1) is 0 Å². The fraction of sp³-hybridized carbons (Fsp3) is 0.562. The van der Waals surface area contributed by atoms with Crippen LogP contribution in [-0.4, -0.2) is 48.9 Å². The number of hydrogen-bond donors (Lipinski definition) is 0. The molecule has 1 aliphatic heterocycles. The molecule has 0 aromatic heterocycles. The molecule has 0 saturated carbocycles. The van der Waals surface area contributed by atoms with Gasteiger partial charge < -0.3 is 4.90 Å². The number of nitrogens with zero attached hydrogens (tertiary/aromatic N) is 2. The summed E-state index contributed by atoms with van der Waals surface area (Å²) in [6.45, 7) is 2.55. The average molecular weight is 342 g/mol. The van der Waals surface area contributed by atoms with Gasteiger partial charge in [0.25, 0.3) is 0 Å². The highest BCUT2D eigenvalue weighted by molar-refractivity contribution is 7.89. The van der Waals surface area contributed by atoms with Crippen LogP contribution in [0.3, 0.4) is 0 Å². The summed E-state index contributed by atoms with van der Waals surface area (Å²) >= 11 is 0. The second-order valence-electron chi connectivity index (χ2n) is 5.91. The number of carbonyl (C=O) groups excluding carboxylic acids is 1. The molecule has 1 amide bonds. The molecule has 0 aliphatic carbocycles. The zero-order valence-corrected chi connectivity index (χ0v) is 14.4. The van der Waals surface area contributed by atoms with Gasteiger partial charge in [0.1, 0.15) is 11.9 Å². The highest BCUT2D eigenvalue weighted by Gasteiger charge is 2.39. The minimum atomic E-state index is -3.38. The Balaban J connectivity index is 2.07. The van der Waals surface area contributed by atoms with E-state index < -0.39 is 16.1 Å². The summed E-state index contributed by atoms with van der Waals surface area (Å²) in [6, 6.07) is 5.33. The van der Waals surface area contributed by atoms with E-state index in [9.17, 15) is 17.6 Å². The van der Waals surface area contributed by atoms with E-state index in [1.807, 2.05) is 6.92 Å². The van der Waals surface area contributed by atoms with Gasteiger partial charge in [0, 0.05) is 20.1 Å². The van der Waals surface area contributed by atoms with Crippen LogP contribution in [0.15, 0.2) is 24.3 Å².